The number of para-hydroxylation sites is 2. The number of aromatic nitrogens is 2. The van der Waals surface area contributed by atoms with Gasteiger partial charge in [-0.15, -0.1) is 0 Å². The average Bonchev–Trinajstić information content (AvgIpc) is 3.37. The number of anilines is 1. The van der Waals surface area contributed by atoms with Gasteiger partial charge in [0.15, 0.2) is 0 Å². The van der Waals surface area contributed by atoms with Gasteiger partial charge < -0.3 is 20.4 Å². The fraction of sp³-hybridized carbons (Fsp3) is 0.333. The minimum absolute atomic E-state index is 0.110. The maximum absolute atomic E-state index is 12.9. The first-order valence-corrected chi connectivity index (χ1v) is 10.9. The van der Waals surface area contributed by atoms with Crippen LogP contribution in [0.4, 0.5) is 10.5 Å². The molecule has 3 aromatic rings. The number of hydrogen-bond acceptors (Lipinski definition) is 5. The molecule has 0 unspecified atom stereocenters. The molecule has 2 aromatic carbocycles. The molecule has 172 valence electrons. The van der Waals surface area contributed by atoms with Gasteiger partial charge in [-0.25, -0.2) is 14.7 Å². The van der Waals surface area contributed by atoms with Crippen LogP contribution in [-0.2, 0) is 9.59 Å². The van der Waals surface area contributed by atoms with Crippen molar-refractivity contribution in [3.05, 3.63) is 54.4 Å². The SMILES string of the molecule is CC[C@H](C)[C@@H](NC(=O)C[C@H]1NC(=O)N(c2ccc(OC)cc2)C1=O)c1nc2ccccc2[nH]1. The van der Waals surface area contributed by atoms with Crippen LogP contribution in [0.3, 0.4) is 0 Å². The van der Waals surface area contributed by atoms with Gasteiger partial charge >= 0.3 is 6.03 Å². The van der Waals surface area contributed by atoms with Gasteiger partial charge in [0.2, 0.25) is 5.91 Å². The number of amides is 4. The van der Waals surface area contributed by atoms with Crippen LogP contribution in [0.5, 0.6) is 5.75 Å². The third-order valence-electron chi connectivity index (χ3n) is 5.97. The Kier molecular flexibility index (Phi) is 6.30. The van der Waals surface area contributed by atoms with Gasteiger partial charge in [0, 0.05) is 0 Å². The lowest BCUT2D eigenvalue weighted by Crippen LogP contribution is -2.39. The highest BCUT2D eigenvalue weighted by atomic mass is 16.5. The second-order valence-corrected chi connectivity index (χ2v) is 8.15. The van der Waals surface area contributed by atoms with Crippen molar-refractivity contribution in [3.8, 4) is 5.75 Å². The second kappa shape index (κ2) is 9.32. The van der Waals surface area contributed by atoms with Gasteiger partial charge in [0.05, 0.1) is 36.3 Å². The number of urea groups is 1. The molecule has 9 heteroatoms. The van der Waals surface area contributed by atoms with Crippen LogP contribution in [-0.4, -0.2) is 41.0 Å². The Hall–Kier alpha value is -3.88. The molecule has 0 aliphatic carbocycles. The second-order valence-electron chi connectivity index (χ2n) is 8.15. The van der Waals surface area contributed by atoms with Crippen molar-refractivity contribution in [3.63, 3.8) is 0 Å². The van der Waals surface area contributed by atoms with E-state index in [2.05, 4.69) is 20.6 Å². The highest BCUT2D eigenvalue weighted by molar-refractivity contribution is 6.22. The number of imidazole rings is 1. The molecule has 2 heterocycles. The number of methoxy groups -OCH3 is 1. The molecule has 33 heavy (non-hydrogen) atoms. The smallest absolute Gasteiger partial charge is 0.329 e. The summed E-state index contributed by atoms with van der Waals surface area (Å²) in [6.07, 6.45) is 0.663. The minimum Gasteiger partial charge on any atom is -0.497 e. The average molecular weight is 450 g/mol. The Bertz CT molecular complexity index is 1140. The van der Waals surface area contributed by atoms with Gasteiger partial charge in [-0.1, -0.05) is 32.4 Å². The molecular formula is C24H27N5O4. The van der Waals surface area contributed by atoms with Crippen LogP contribution >= 0.6 is 0 Å². The zero-order chi connectivity index (χ0) is 23.5. The number of carbonyl (C=O) groups is 3. The first-order valence-electron chi connectivity index (χ1n) is 10.9. The van der Waals surface area contributed by atoms with E-state index in [1.54, 1.807) is 24.3 Å². The predicted molar refractivity (Wildman–Crippen MR) is 124 cm³/mol. The van der Waals surface area contributed by atoms with E-state index < -0.39 is 18.0 Å². The predicted octanol–water partition coefficient (Wildman–Crippen LogP) is 3.29. The molecular weight excluding hydrogens is 422 g/mol. The lowest BCUT2D eigenvalue weighted by atomic mass is 9.98. The van der Waals surface area contributed by atoms with E-state index >= 15 is 0 Å². The van der Waals surface area contributed by atoms with Crippen LogP contribution in [0.1, 0.15) is 38.6 Å². The first kappa shape index (κ1) is 22.3. The number of fused-ring (bicyclic) bond motifs is 1. The molecule has 1 aromatic heterocycles. The molecule has 1 aliphatic heterocycles. The first-order chi connectivity index (χ1) is 15.9. The number of hydrogen-bond donors (Lipinski definition) is 3. The normalized spacial score (nSPS) is 17.7. The number of imide groups is 1. The number of rotatable bonds is 8. The van der Waals surface area contributed by atoms with E-state index in [0.29, 0.717) is 17.3 Å². The quantitative estimate of drug-likeness (QED) is 0.456. The fourth-order valence-corrected chi connectivity index (χ4v) is 3.90. The van der Waals surface area contributed by atoms with Crippen molar-refractivity contribution < 1.29 is 19.1 Å². The van der Waals surface area contributed by atoms with Crippen LogP contribution in [0.2, 0.25) is 0 Å². The zero-order valence-corrected chi connectivity index (χ0v) is 18.8. The van der Waals surface area contributed by atoms with Gasteiger partial charge in [0.1, 0.15) is 17.6 Å². The van der Waals surface area contributed by atoms with Crippen molar-refractivity contribution in [1.82, 2.24) is 20.6 Å². The van der Waals surface area contributed by atoms with Gasteiger partial charge in [-0.05, 0) is 42.3 Å². The Balaban J connectivity index is 1.47. The summed E-state index contributed by atoms with van der Waals surface area (Å²) in [5, 5.41) is 5.62. The van der Waals surface area contributed by atoms with Crippen molar-refractivity contribution in [1.29, 1.82) is 0 Å². The Morgan fingerprint density at radius 2 is 1.91 bits per heavy atom. The van der Waals surface area contributed by atoms with E-state index in [-0.39, 0.29) is 24.3 Å². The maximum atomic E-state index is 12.9. The van der Waals surface area contributed by atoms with Crippen molar-refractivity contribution in [2.75, 3.05) is 12.0 Å². The summed E-state index contributed by atoms with van der Waals surface area (Å²) >= 11 is 0. The Morgan fingerprint density at radius 1 is 1.18 bits per heavy atom. The molecule has 1 saturated heterocycles. The number of H-pyrrole nitrogens is 1. The van der Waals surface area contributed by atoms with Crippen LogP contribution in [0.15, 0.2) is 48.5 Å². The van der Waals surface area contributed by atoms with Crippen LogP contribution in [0, 0.1) is 5.92 Å². The van der Waals surface area contributed by atoms with Crippen LogP contribution < -0.4 is 20.3 Å². The summed E-state index contributed by atoms with van der Waals surface area (Å²) in [6, 6.07) is 12.4. The Labute approximate surface area is 191 Å². The van der Waals surface area contributed by atoms with E-state index in [1.165, 1.54) is 7.11 Å². The lowest BCUT2D eigenvalue weighted by Gasteiger charge is -2.23. The highest BCUT2D eigenvalue weighted by Gasteiger charge is 2.40. The van der Waals surface area contributed by atoms with Gasteiger partial charge in [-0.2, -0.15) is 0 Å². The molecule has 4 rings (SSSR count). The zero-order valence-electron chi connectivity index (χ0n) is 18.8. The Morgan fingerprint density at radius 3 is 2.58 bits per heavy atom. The molecule has 1 aliphatic rings. The molecule has 0 saturated carbocycles. The molecule has 0 radical (unpaired) electrons. The number of nitrogens with one attached hydrogen (secondary N) is 3. The highest BCUT2D eigenvalue weighted by Crippen LogP contribution is 2.26. The van der Waals surface area contributed by atoms with Gasteiger partial charge in [-0.3, -0.25) is 9.59 Å². The number of ether oxygens (including phenoxy) is 1. The van der Waals surface area contributed by atoms with E-state index in [1.807, 2.05) is 38.1 Å². The van der Waals surface area contributed by atoms with Gasteiger partial charge in [0.25, 0.3) is 5.91 Å². The summed E-state index contributed by atoms with van der Waals surface area (Å²) in [7, 11) is 1.54. The molecule has 1 fully saturated rings. The molecule has 3 N–H and O–H groups in total. The number of carbonyl (C=O) groups excluding carboxylic acids is 3. The molecule has 4 amide bonds. The van der Waals surface area contributed by atoms with Crippen molar-refractivity contribution in [2.45, 2.75) is 38.8 Å². The minimum atomic E-state index is -0.937. The summed E-state index contributed by atoms with van der Waals surface area (Å²) in [4.78, 5) is 47.2. The molecule has 9 nitrogen and oxygen atoms in total. The molecule has 3 atom stereocenters. The van der Waals surface area contributed by atoms with E-state index in [4.69, 9.17) is 4.74 Å². The number of benzene rings is 2. The number of aromatic amines is 1. The summed E-state index contributed by atoms with van der Waals surface area (Å²) in [5.41, 5.74) is 2.13. The molecule has 0 bridgehead atoms. The van der Waals surface area contributed by atoms with Crippen molar-refractivity contribution >= 4 is 34.6 Å². The molecule has 0 spiro atoms. The third kappa shape index (κ3) is 4.52. The lowest BCUT2D eigenvalue weighted by molar-refractivity contribution is -0.126. The van der Waals surface area contributed by atoms with Crippen LogP contribution in [0.25, 0.3) is 11.0 Å². The topological polar surface area (TPSA) is 116 Å². The fourth-order valence-electron chi connectivity index (χ4n) is 3.90. The largest absolute Gasteiger partial charge is 0.497 e. The van der Waals surface area contributed by atoms with E-state index in [0.717, 1.165) is 22.4 Å². The third-order valence-corrected chi connectivity index (χ3v) is 5.97. The monoisotopic (exact) mass is 449 g/mol. The number of nitrogens with zero attached hydrogens (tertiary/aromatic N) is 2. The summed E-state index contributed by atoms with van der Waals surface area (Å²) in [5.74, 6) is 0.586. The standard InChI is InChI=1S/C24H27N5O4/c1-4-14(2)21(22-25-17-7-5-6-8-18(17)26-22)28-20(30)13-19-23(31)29(24(32)27-19)15-9-11-16(33-3)12-10-15/h5-12,14,19,21H,4,13H2,1-3H3,(H,25,26)(H,27,32)(H,28,30)/t14-,19+,21+/m0/s1. The van der Waals surface area contributed by atoms with Crippen molar-refractivity contribution in [2.24, 2.45) is 5.92 Å². The summed E-state index contributed by atoms with van der Waals surface area (Å²) < 4.78 is 5.12. The summed E-state index contributed by atoms with van der Waals surface area (Å²) in [6.45, 7) is 4.08. The van der Waals surface area contributed by atoms with E-state index in [9.17, 15) is 14.4 Å². The maximum Gasteiger partial charge on any atom is 0.329 e.